The second-order valence-corrected chi connectivity index (χ2v) is 6.00. The Morgan fingerprint density at radius 2 is 1.69 bits per heavy atom. The van der Waals surface area contributed by atoms with Crippen molar-refractivity contribution in [1.82, 2.24) is 9.88 Å². The lowest BCUT2D eigenvalue weighted by molar-refractivity contribution is 0.0767. The molecule has 0 aliphatic heterocycles. The maximum absolute atomic E-state index is 12.6. The molecule has 2 aromatic rings. The molecule has 0 bridgehead atoms. The lowest BCUT2D eigenvalue weighted by atomic mass is 10.2. The van der Waals surface area contributed by atoms with Crippen LogP contribution in [-0.4, -0.2) is 40.9 Å². The van der Waals surface area contributed by atoms with Gasteiger partial charge in [-0.05, 0) is 52.0 Å². The van der Waals surface area contributed by atoms with Gasteiger partial charge in [-0.1, -0.05) is 18.2 Å². The van der Waals surface area contributed by atoms with Gasteiger partial charge in [-0.15, -0.1) is 0 Å². The molecule has 0 atom stereocenters. The Morgan fingerprint density at radius 1 is 1.04 bits per heavy atom. The summed E-state index contributed by atoms with van der Waals surface area (Å²) >= 11 is 0. The van der Waals surface area contributed by atoms with Crippen LogP contribution < -0.4 is 10.1 Å². The average molecular weight is 355 g/mol. The van der Waals surface area contributed by atoms with Crippen molar-refractivity contribution in [3.05, 3.63) is 53.9 Å². The van der Waals surface area contributed by atoms with Crippen LogP contribution in [0.25, 0.3) is 0 Å². The van der Waals surface area contributed by atoms with Crippen LogP contribution in [0.3, 0.4) is 0 Å². The number of ether oxygens (including phenoxy) is 1. The molecular weight excluding hydrogens is 330 g/mol. The Balaban J connectivity index is 2.21. The van der Waals surface area contributed by atoms with Crippen molar-refractivity contribution in [2.45, 2.75) is 33.8 Å². The third-order valence-electron chi connectivity index (χ3n) is 3.75. The molecule has 0 radical (unpaired) electrons. The highest BCUT2D eigenvalue weighted by Crippen LogP contribution is 2.25. The summed E-state index contributed by atoms with van der Waals surface area (Å²) in [5.41, 5.74) is 1.00. The molecule has 6 heteroatoms. The number of carbonyl (C=O) groups is 2. The van der Waals surface area contributed by atoms with Gasteiger partial charge in [-0.3, -0.25) is 9.59 Å². The maximum atomic E-state index is 12.6. The second-order valence-electron chi connectivity index (χ2n) is 6.00. The molecule has 2 amide bonds. The normalized spacial score (nSPS) is 10.5. The molecule has 138 valence electrons. The number of pyridine rings is 1. The molecule has 1 aromatic carbocycles. The summed E-state index contributed by atoms with van der Waals surface area (Å²) in [6.45, 7) is 8.83. The fraction of sp³-hybridized carbons (Fsp3) is 0.350. The molecule has 0 saturated heterocycles. The molecule has 1 aromatic heterocycles. The predicted molar refractivity (Wildman–Crippen MR) is 102 cm³/mol. The summed E-state index contributed by atoms with van der Waals surface area (Å²) in [5, 5.41) is 2.80. The zero-order chi connectivity index (χ0) is 19.1. The van der Waals surface area contributed by atoms with Crippen LogP contribution >= 0.6 is 0 Å². The Hall–Kier alpha value is -2.89. The van der Waals surface area contributed by atoms with E-state index in [9.17, 15) is 9.59 Å². The van der Waals surface area contributed by atoms with Gasteiger partial charge in [0.05, 0.1) is 11.8 Å². The lowest BCUT2D eigenvalue weighted by Gasteiger charge is -2.18. The van der Waals surface area contributed by atoms with Crippen LogP contribution in [0.5, 0.6) is 5.75 Å². The van der Waals surface area contributed by atoms with Gasteiger partial charge in [0.15, 0.2) is 0 Å². The van der Waals surface area contributed by atoms with Gasteiger partial charge in [0.25, 0.3) is 11.8 Å². The first kappa shape index (κ1) is 19.4. The van der Waals surface area contributed by atoms with Crippen LogP contribution in [0.2, 0.25) is 0 Å². The van der Waals surface area contributed by atoms with Crippen LogP contribution in [0.15, 0.2) is 42.5 Å². The van der Waals surface area contributed by atoms with E-state index in [2.05, 4.69) is 10.3 Å². The first-order valence-corrected chi connectivity index (χ1v) is 8.79. The van der Waals surface area contributed by atoms with Crippen molar-refractivity contribution in [3.8, 4) is 5.75 Å². The minimum atomic E-state index is -0.390. The Morgan fingerprint density at radius 3 is 2.35 bits per heavy atom. The highest BCUT2D eigenvalue weighted by atomic mass is 16.5. The summed E-state index contributed by atoms with van der Waals surface area (Å²) in [7, 11) is 0. The van der Waals surface area contributed by atoms with Crippen LogP contribution in [0, 0.1) is 0 Å². The number of nitrogens with zero attached hydrogens (tertiary/aromatic N) is 2. The average Bonchev–Trinajstić information content (AvgIpc) is 2.64. The SMILES string of the molecule is CCN(CC)C(=O)c1cccc(C(=O)Nc2ccccc2OC(C)C)n1. The fourth-order valence-electron chi connectivity index (χ4n) is 2.47. The first-order valence-electron chi connectivity index (χ1n) is 8.79. The summed E-state index contributed by atoms with van der Waals surface area (Å²) in [4.78, 5) is 30.9. The molecule has 26 heavy (non-hydrogen) atoms. The molecule has 2 rings (SSSR count). The van der Waals surface area contributed by atoms with E-state index in [0.717, 1.165) is 0 Å². The second kappa shape index (κ2) is 8.99. The predicted octanol–water partition coefficient (Wildman–Crippen LogP) is 3.60. The zero-order valence-electron chi connectivity index (χ0n) is 15.7. The quantitative estimate of drug-likeness (QED) is 0.824. The number of aromatic nitrogens is 1. The third kappa shape index (κ3) is 4.81. The minimum Gasteiger partial charge on any atom is -0.489 e. The molecule has 6 nitrogen and oxygen atoms in total. The first-order chi connectivity index (χ1) is 12.5. The van der Waals surface area contributed by atoms with Crippen molar-refractivity contribution in [3.63, 3.8) is 0 Å². The van der Waals surface area contributed by atoms with Crippen molar-refractivity contribution < 1.29 is 14.3 Å². The van der Waals surface area contributed by atoms with Crippen molar-refractivity contribution in [2.75, 3.05) is 18.4 Å². The summed E-state index contributed by atoms with van der Waals surface area (Å²) in [6.07, 6.45) is -0.0128. The van der Waals surface area contributed by atoms with Crippen LogP contribution in [0.1, 0.15) is 48.7 Å². The van der Waals surface area contributed by atoms with Gasteiger partial charge in [0.2, 0.25) is 0 Å². The number of carbonyl (C=O) groups excluding carboxylic acids is 2. The molecule has 0 aliphatic rings. The molecule has 1 N–H and O–H groups in total. The largest absolute Gasteiger partial charge is 0.489 e. The van der Waals surface area contributed by atoms with E-state index in [4.69, 9.17) is 4.74 Å². The van der Waals surface area contributed by atoms with Gasteiger partial charge < -0.3 is 15.0 Å². The number of hydrogen-bond acceptors (Lipinski definition) is 4. The molecule has 0 saturated carbocycles. The fourth-order valence-corrected chi connectivity index (χ4v) is 2.47. The minimum absolute atomic E-state index is 0.0128. The molecule has 0 aliphatic carbocycles. The number of hydrogen-bond donors (Lipinski definition) is 1. The summed E-state index contributed by atoms with van der Waals surface area (Å²) in [5.74, 6) is 0.0124. The van der Waals surface area contributed by atoms with Gasteiger partial charge in [0, 0.05) is 13.1 Å². The topological polar surface area (TPSA) is 71.5 Å². The number of amides is 2. The molecular formula is C20H25N3O3. The smallest absolute Gasteiger partial charge is 0.274 e. The third-order valence-corrected chi connectivity index (χ3v) is 3.75. The number of anilines is 1. The van der Waals surface area contributed by atoms with E-state index in [1.54, 1.807) is 35.2 Å². The molecule has 0 fully saturated rings. The van der Waals surface area contributed by atoms with Crippen molar-refractivity contribution in [2.24, 2.45) is 0 Å². The monoisotopic (exact) mass is 355 g/mol. The van der Waals surface area contributed by atoms with E-state index >= 15 is 0 Å². The lowest BCUT2D eigenvalue weighted by Crippen LogP contribution is -2.31. The van der Waals surface area contributed by atoms with E-state index in [-0.39, 0.29) is 29.3 Å². The number of nitrogens with one attached hydrogen (secondary N) is 1. The van der Waals surface area contributed by atoms with Crippen molar-refractivity contribution >= 4 is 17.5 Å². The van der Waals surface area contributed by atoms with E-state index < -0.39 is 0 Å². The van der Waals surface area contributed by atoms with E-state index in [0.29, 0.717) is 24.5 Å². The molecule has 0 spiro atoms. The Labute approximate surface area is 154 Å². The highest BCUT2D eigenvalue weighted by molar-refractivity contribution is 6.04. The standard InChI is InChI=1S/C20H25N3O3/c1-5-23(6-2)20(25)17-12-9-11-16(21-17)19(24)22-15-10-7-8-13-18(15)26-14(3)4/h7-14H,5-6H2,1-4H3,(H,22,24). The Bertz CT molecular complexity index is 770. The number of benzene rings is 1. The van der Waals surface area contributed by atoms with Gasteiger partial charge in [-0.2, -0.15) is 0 Å². The van der Waals surface area contributed by atoms with Gasteiger partial charge in [0.1, 0.15) is 17.1 Å². The maximum Gasteiger partial charge on any atom is 0.274 e. The number of rotatable bonds is 7. The Kier molecular flexibility index (Phi) is 6.72. The van der Waals surface area contributed by atoms with Crippen molar-refractivity contribution in [1.29, 1.82) is 0 Å². The zero-order valence-corrected chi connectivity index (χ0v) is 15.7. The summed E-state index contributed by atoms with van der Waals surface area (Å²) < 4.78 is 5.71. The molecule has 1 heterocycles. The van der Waals surface area contributed by atoms with Gasteiger partial charge >= 0.3 is 0 Å². The summed E-state index contributed by atoms with van der Waals surface area (Å²) in [6, 6.07) is 12.1. The van der Waals surface area contributed by atoms with Crippen LogP contribution in [0.4, 0.5) is 5.69 Å². The van der Waals surface area contributed by atoms with Gasteiger partial charge in [-0.25, -0.2) is 4.98 Å². The van der Waals surface area contributed by atoms with Crippen LogP contribution in [-0.2, 0) is 0 Å². The van der Waals surface area contributed by atoms with E-state index in [1.165, 1.54) is 0 Å². The van der Waals surface area contributed by atoms with E-state index in [1.807, 2.05) is 39.8 Å². The molecule has 0 unspecified atom stereocenters. The highest BCUT2D eigenvalue weighted by Gasteiger charge is 2.17. The number of para-hydroxylation sites is 2.